The third-order valence-electron chi connectivity index (χ3n) is 7.67. The number of nitrogens with zero attached hydrogens (tertiary/aromatic N) is 1. The van der Waals surface area contributed by atoms with E-state index in [-0.39, 0.29) is 48.6 Å². The molecule has 0 spiro atoms. The molecule has 34 heavy (non-hydrogen) atoms. The molecule has 1 saturated carbocycles. The van der Waals surface area contributed by atoms with Gasteiger partial charge in [-0.2, -0.15) is 0 Å². The molecule has 0 bridgehead atoms. The van der Waals surface area contributed by atoms with Crippen molar-refractivity contribution in [2.24, 2.45) is 17.8 Å². The SMILES string of the molecule is C[C@@H]1CN(C(=O)C2CC(NC(=O)OCC3c4ccccc4-c4ccccc43)C2)C[C@H]1CC(=O)O. The summed E-state index contributed by atoms with van der Waals surface area (Å²) in [6, 6.07) is 16.4. The lowest BCUT2D eigenvalue weighted by Gasteiger charge is -2.36. The fourth-order valence-electron chi connectivity index (χ4n) is 5.71. The summed E-state index contributed by atoms with van der Waals surface area (Å²) < 4.78 is 5.61. The maximum absolute atomic E-state index is 12.8. The fourth-order valence-corrected chi connectivity index (χ4v) is 5.71. The number of hydrogen-bond donors (Lipinski definition) is 2. The molecule has 1 aliphatic heterocycles. The average Bonchev–Trinajstić information content (AvgIpc) is 3.31. The minimum absolute atomic E-state index is 0.0104. The first-order valence-corrected chi connectivity index (χ1v) is 12.0. The number of carbonyl (C=O) groups excluding carboxylic acids is 2. The van der Waals surface area contributed by atoms with Gasteiger partial charge in [0.05, 0.1) is 6.42 Å². The molecule has 0 unspecified atom stereocenters. The lowest BCUT2D eigenvalue weighted by Crippen LogP contribution is -2.50. The zero-order valence-electron chi connectivity index (χ0n) is 19.3. The van der Waals surface area contributed by atoms with Gasteiger partial charge in [-0.15, -0.1) is 0 Å². The maximum Gasteiger partial charge on any atom is 0.407 e. The summed E-state index contributed by atoms with van der Waals surface area (Å²) >= 11 is 0. The predicted octanol–water partition coefficient (Wildman–Crippen LogP) is 3.87. The molecule has 178 valence electrons. The smallest absolute Gasteiger partial charge is 0.407 e. The van der Waals surface area contributed by atoms with Gasteiger partial charge in [-0.25, -0.2) is 4.79 Å². The first kappa shape index (κ1) is 22.4. The molecular formula is C27H30N2O5. The van der Waals surface area contributed by atoms with Gasteiger partial charge < -0.3 is 20.1 Å². The van der Waals surface area contributed by atoms with Crippen LogP contribution in [0.15, 0.2) is 48.5 Å². The molecule has 5 rings (SSSR count). The van der Waals surface area contributed by atoms with E-state index in [1.165, 1.54) is 22.3 Å². The normalized spacial score (nSPS) is 25.3. The summed E-state index contributed by atoms with van der Waals surface area (Å²) in [6.07, 6.45) is 0.838. The van der Waals surface area contributed by atoms with Gasteiger partial charge in [0, 0.05) is 31.0 Å². The van der Waals surface area contributed by atoms with Gasteiger partial charge in [-0.3, -0.25) is 9.59 Å². The van der Waals surface area contributed by atoms with Gasteiger partial charge in [0.1, 0.15) is 6.61 Å². The van der Waals surface area contributed by atoms with Crippen molar-refractivity contribution >= 4 is 18.0 Å². The molecule has 2 atom stereocenters. The summed E-state index contributed by atoms with van der Waals surface area (Å²) in [5.41, 5.74) is 4.72. The number of carboxylic acids is 1. The first-order chi connectivity index (χ1) is 16.4. The van der Waals surface area contributed by atoms with Gasteiger partial charge in [-0.1, -0.05) is 55.5 Å². The van der Waals surface area contributed by atoms with Crippen molar-refractivity contribution in [2.45, 2.75) is 38.1 Å². The largest absolute Gasteiger partial charge is 0.481 e. The number of likely N-dealkylation sites (tertiary alicyclic amines) is 1. The number of hydrogen-bond acceptors (Lipinski definition) is 4. The van der Waals surface area contributed by atoms with E-state index in [1.807, 2.05) is 31.2 Å². The maximum atomic E-state index is 12.8. The lowest BCUT2D eigenvalue weighted by molar-refractivity contribution is -0.140. The molecule has 7 heteroatoms. The number of benzene rings is 2. The van der Waals surface area contributed by atoms with Crippen molar-refractivity contribution < 1.29 is 24.2 Å². The van der Waals surface area contributed by atoms with E-state index < -0.39 is 12.1 Å². The molecule has 7 nitrogen and oxygen atoms in total. The van der Waals surface area contributed by atoms with Crippen LogP contribution in [0.3, 0.4) is 0 Å². The number of alkyl carbamates (subject to hydrolysis) is 1. The van der Waals surface area contributed by atoms with Crippen LogP contribution in [0.1, 0.15) is 43.2 Å². The summed E-state index contributed by atoms with van der Waals surface area (Å²) in [7, 11) is 0. The molecule has 2 amide bonds. The Balaban J connectivity index is 1.10. The van der Waals surface area contributed by atoms with Crippen LogP contribution < -0.4 is 5.32 Å². The topological polar surface area (TPSA) is 95.9 Å². The molecule has 0 radical (unpaired) electrons. The first-order valence-electron chi connectivity index (χ1n) is 12.0. The number of amides is 2. The highest BCUT2D eigenvalue weighted by Crippen LogP contribution is 2.44. The molecule has 1 saturated heterocycles. The van der Waals surface area contributed by atoms with Crippen LogP contribution in [-0.2, 0) is 14.3 Å². The monoisotopic (exact) mass is 462 g/mol. The molecule has 2 N–H and O–H groups in total. The Bertz CT molecular complexity index is 1060. The second-order valence-corrected chi connectivity index (χ2v) is 9.91. The summed E-state index contributed by atoms with van der Waals surface area (Å²) in [5.74, 6) is -0.641. The van der Waals surface area contributed by atoms with Crippen molar-refractivity contribution in [1.82, 2.24) is 10.2 Å². The number of carboxylic acid groups (broad SMARTS) is 1. The van der Waals surface area contributed by atoms with Crippen LogP contribution in [0.25, 0.3) is 11.1 Å². The van der Waals surface area contributed by atoms with Crippen molar-refractivity contribution in [2.75, 3.05) is 19.7 Å². The summed E-state index contributed by atoms with van der Waals surface area (Å²) in [5, 5.41) is 12.0. The van der Waals surface area contributed by atoms with Crippen molar-refractivity contribution in [3.05, 3.63) is 59.7 Å². The third-order valence-corrected chi connectivity index (χ3v) is 7.67. The number of carbonyl (C=O) groups is 3. The number of nitrogens with one attached hydrogen (secondary N) is 1. The van der Waals surface area contributed by atoms with Gasteiger partial charge in [0.15, 0.2) is 0 Å². The van der Waals surface area contributed by atoms with Gasteiger partial charge in [0.25, 0.3) is 0 Å². The van der Waals surface area contributed by atoms with Crippen LogP contribution in [0.2, 0.25) is 0 Å². The Labute approximate surface area is 199 Å². The highest BCUT2D eigenvalue weighted by molar-refractivity contribution is 5.81. The zero-order chi connectivity index (χ0) is 23.8. The zero-order valence-corrected chi connectivity index (χ0v) is 19.3. The van der Waals surface area contributed by atoms with E-state index in [9.17, 15) is 14.4 Å². The van der Waals surface area contributed by atoms with Crippen LogP contribution >= 0.6 is 0 Å². The molecule has 2 aromatic rings. The second kappa shape index (κ2) is 9.12. The Morgan fingerprint density at radius 2 is 1.62 bits per heavy atom. The minimum atomic E-state index is -0.817. The molecule has 1 heterocycles. The minimum Gasteiger partial charge on any atom is -0.481 e. The van der Waals surface area contributed by atoms with Crippen LogP contribution in [0, 0.1) is 17.8 Å². The second-order valence-electron chi connectivity index (χ2n) is 9.91. The third kappa shape index (κ3) is 4.27. The predicted molar refractivity (Wildman–Crippen MR) is 126 cm³/mol. The number of rotatable bonds is 6. The quantitative estimate of drug-likeness (QED) is 0.679. The van der Waals surface area contributed by atoms with Crippen molar-refractivity contribution in [1.29, 1.82) is 0 Å². The number of aliphatic carboxylic acids is 1. The molecular weight excluding hydrogens is 432 g/mol. The lowest BCUT2D eigenvalue weighted by atomic mass is 9.79. The molecule has 3 aliphatic rings. The Morgan fingerprint density at radius 3 is 2.24 bits per heavy atom. The molecule has 2 aromatic carbocycles. The van der Waals surface area contributed by atoms with Crippen molar-refractivity contribution in [3.8, 4) is 11.1 Å². The van der Waals surface area contributed by atoms with Crippen molar-refractivity contribution in [3.63, 3.8) is 0 Å². The van der Waals surface area contributed by atoms with Crippen LogP contribution in [0.4, 0.5) is 4.79 Å². The van der Waals surface area contributed by atoms with E-state index in [4.69, 9.17) is 9.84 Å². The van der Waals surface area contributed by atoms with Gasteiger partial charge in [0.2, 0.25) is 5.91 Å². The molecule has 0 aromatic heterocycles. The Kier molecular flexibility index (Phi) is 6.02. The fraction of sp³-hybridized carbons (Fsp3) is 0.444. The van der Waals surface area contributed by atoms with E-state index in [2.05, 4.69) is 29.6 Å². The highest BCUT2D eigenvalue weighted by atomic mass is 16.5. The summed E-state index contributed by atoms with van der Waals surface area (Å²) in [6.45, 7) is 3.39. The van der Waals surface area contributed by atoms with E-state index >= 15 is 0 Å². The average molecular weight is 463 g/mol. The van der Waals surface area contributed by atoms with Gasteiger partial charge in [-0.05, 0) is 46.9 Å². The van der Waals surface area contributed by atoms with Crippen LogP contribution in [-0.4, -0.2) is 53.7 Å². The van der Waals surface area contributed by atoms with E-state index in [0.29, 0.717) is 25.9 Å². The highest BCUT2D eigenvalue weighted by Gasteiger charge is 2.42. The Hall–Kier alpha value is -3.35. The molecule has 2 fully saturated rings. The number of fused-ring (bicyclic) bond motifs is 3. The molecule has 2 aliphatic carbocycles. The van der Waals surface area contributed by atoms with E-state index in [0.717, 1.165) is 0 Å². The standard InChI is InChI=1S/C27H30N2O5/c1-16-13-29(14-18(16)12-25(30)31)26(32)17-10-19(11-17)28-27(33)34-15-24-22-8-4-2-6-20(22)21-7-3-5-9-23(21)24/h2-9,16-19,24H,10-15H2,1H3,(H,28,33)(H,30,31)/t16-,17?,18-,19?/m1/s1. The van der Waals surface area contributed by atoms with E-state index in [1.54, 1.807) is 4.90 Å². The number of ether oxygens (including phenoxy) is 1. The van der Waals surface area contributed by atoms with Crippen LogP contribution in [0.5, 0.6) is 0 Å². The Morgan fingerprint density at radius 1 is 1.00 bits per heavy atom. The van der Waals surface area contributed by atoms with Gasteiger partial charge >= 0.3 is 12.1 Å². The summed E-state index contributed by atoms with van der Waals surface area (Å²) in [4.78, 5) is 38.1.